The maximum atomic E-state index is 13.7. The molecule has 2 aromatic rings. The molecule has 0 aliphatic rings. The van der Waals surface area contributed by atoms with Crippen LogP contribution in [0.4, 0.5) is 26.3 Å². The Morgan fingerprint density at radius 1 is 0.593 bits per heavy atom. The van der Waals surface area contributed by atoms with Crippen LogP contribution in [0.2, 0.25) is 10.0 Å². The maximum Gasteiger partial charge on any atom is 0.417 e. The van der Waals surface area contributed by atoms with Gasteiger partial charge in [-0.1, -0.05) is 23.2 Å². The van der Waals surface area contributed by atoms with Gasteiger partial charge in [-0.3, -0.25) is 9.59 Å². The Hall–Kier alpha value is -2.06. The molecule has 0 unspecified atom stereocenters. The molecule has 0 aliphatic heterocycles. The van der Waals surface area contributed by atoms with Gasteiger partial charge in [0.1, 0.15) is 0 Å². The summed E-state index contributed by atoms with van der Waals surface area (Å²) in [5.41, 5.74) is -7.20. The Morgan fingerprint density at radius 2 is 0.852 bits per heavy atom. The predicted molar refractivity (Wildman–Crippen MR) is 86.1 cm³/mol. The lowest BCUT2D eigenvalue weighted by molar-refractivity contribution is -0.295. The molecule has 0 amide bonds. The van der Waals surface area contributed by atoms with E-state index in [1.54, 1.807) is 0 Å². The van der Waals surface area contributed by atoms with Gasteiger partial charge in [-0.05, 0) is 48.5 Å². The smallest absolute Gasteiger partial charge is 0.292 e. The van der Waals surface area contributed by atoms with E-state index in [0.29, 0.717) is 24.3 Å². The van der Waals surface area contributed by atoms with Crippen molar-refractivity contribution in [2.75, 3.05) is 0 Å². The maximum absolute atomic E-state index is 13.7. The van der Waals surface area contributed by atoms with Gasteiger partial charge in [0.15, 0.2) is 11.6 Å². The highest BCUT2D eigenvalue weighted by atomic mass is 35.5. The minimum atomic E-state index is -6.25. The largest absolute Gasteiger partial charge is 0.417 e. The number of carbonyl (C=O) groups excluding carboxylic acids is 2. The summed E-state index contributed by atoms with van der Waals surface area (Å²) in [5.74, 6) is -4.89. The summed E-state index contributed by atoms with van der Waals surface area (Å²) >= 11 is 11.1. The molecule has 2 nitrogen and oxygen atoms in total. The monoisotopic (exact) mass is 428 g/mol. The van der Waals surface area contributed by atoms with Crippen molar-refractivity contribution in [1.29, 1.82) is 0 Å². The van der Waals surface area contributed by atoms with Crippen molar-refractivity contribution in [3.05, 3.63) is 69.7 Å². The molecule has 2 rings (SSSR count). The third-order valence-corrected chi connectivity index (χ3v) is 4.25. The molecule has 0 aromatic heterocycles. The fraction of sp³-hybridized carbons (Fsp3) is 0.176. The van der Waals surface area contributed by atoms with E-state index >= 15 is 0 Å². The van der Waals surface area contributed by atoms with Crippen LogP contribution in [0.15, 0.2) is 48.5 Å². The molecule has 2 aromatic carbocycles. The molecule has 0 saturated heterocycles. The van der Waals surface area contributed by atoms with Crippen molar-refractivity contribution in [2.45, 2.75) is 12.4 Å². The van der Waals surface area contributed by atoms with Crippen molar-refractivity contribution < 1.29 is 35.9 Å². The quantitative estimate of drug-likeness (QED) is 0.331. The van der Waals surface area contributed by atoms with Gasteiger partial charge in [-0.15, -0.1) is 0 Å². The molecule has 0 fully saturated rings. The van der Waals surface area contributed by atoms with E-state index in [1.807, 2.05) is 0 Å². The van der Waals surface area contributed by atoms with Crippen LogP contribution in [0.25, 0.3) is 0 Å². The van der Waals surface area contributed by atoms with E-state index < -0.39 is 40.5 Å². The summed E-state index contributed by atoms with van der Waals surface area (Å²) in [5, 5.41) is -0.0274. The Balaban J connectivity index is 2.78. The number of hydrogen-bond donors (Lipinski definition) is 0. The normalized spacial score (nSPS) is 12.7. The van der Waals surface area contributed by atoms with E-state index in [1.165, 1.54) is 0 Å². The first-order valence-electron chi connectivity index (χ1n) is 7.06. The number of hydrogen-bond acceptors (Lipinski definition) is 2. The fourth-order valence-corrected chi connectivity index (χ4v) is 2.67. The molecule has 144 valence electrons. The second kappa shape index (κ2) is 7.16. The number of alkyl halides is 6. The highest BCUT2D eigenvalue weighted by Crippen LogP contribution is 2.54. The lowest BCUT2D eigenvalue weighted by Crippen LogP contribution is -2.60. The fourth-order valence-electron chi connectivity index (χ4n) is 2.41. The number of benzene rings is 2. The Morgan fingerprint density at radius 3 is 1.07 bits per heavy atom. The van der Waals surface area contributed by atoms with Gasteiger partial charge < -0.3 is 0 Å². The third-order valence-electron chi connectivity index (χ3n) is 3.74. The highest BCUT2D eigenvalue weighted by Gasteiger charge is 2.79. The first-order valence-corrected chi connectivity index (χ1v) is 7.82. The Labute approximate surface area is 158 Å². The first kappa shape index (κ1) is 21.2. The minimum absolute atomic E-state index is 0.0137. The second-order valence-electron chi connectivity index (χ2n) is 5.42. The summed E-state index contributed by atoms with van der Waals surface area (Å²) in [6, 6.07) is 6.52. The number of rotatable bonds is 4. The predicted octanol–water partition coefficient (Wildman–Crippen LogP) is 6.17. The van der Waals surface area contributed by atoms with Crippen LogP contribution in [0.1, 0.15) is 20.7 Å². The van der Waals surface area contributed by atoms with Gasteiger partial charge in [0.25, 0.3) is 5.41 Å². The van der Waals surface area contributed by atoms with Crippen LogP contribution in [0.5, 0.6) is 0 Å². The van der Waals surface area contributed by atoms with Crippen LogP contribution in [0, 0.1) is 5.41 Å². The van der Waals surface area contributed by atoms with Gasteiger partial charge in [-0.2, -0.15) is 26.3 Å². The van der Waals surface area contributed by atoms with Crippen molar-refractivity contribution in [3.63, 3.8) is 0 Å². The molecule has 0 radical (unpaired) electrons. The van der Waals surface area contributed by atoms with Crippen LogP contribution in [0.3, 0.4) is 0 Å². The summed E-state index contributed by atoms with van der Waals surface area (Å²) in [6.45, 7) is 0. The van der Waals surface area contributed by atoms with Gasteiger partial charge in [-0.25, -0.2) is 0 Å². The molecule has 0 N–H and O–H groups in total. The molecule has 0 bridgehead atoms. The van der Waals surface area contributed by atoms with E-state index in [4.69, 9.17) is 23.2 Å². The lowest BCUT2D eigenvalue weighted by atomic mass is 9.73. The summed E-state index contributed by atoms with van der Waals surface area (Å²) < 4.78 is 82.1. The Kier molecular flexibility index (Phi) is 5.64. The van der Waals surface area contributed by atoms with E-state index in [2.05, 4.69) is 0 Å². The molecule has 0 spiro atoms. The van der Waals surface area contributed by atoms with Crippen molar-refractivity contribution in [2.24, 2.45) is 5.41 Å². The summed E-state index contributed by atoms with van der Waals surface area (Å²) in [6.07, 6.45) is -12.5. The molecule has 10 heteroatoms. The third kappa shape index (κ3) is 3.68. The van der Waals surface area contributed by atoms with Crippen molar-refractivity contribution >= 4 is 34.8 Å². The highest BCUT2D eigenvalue weighted by molar-refractivity contribution is 6.31. The van der Waals surface area contributed by atoms with E-state index in [9.17, 15) is 35.9 Å². The van der Waals surface area contributed by atoms with E-state index in [-0.39, 0.29) is 10.0 Å². The lowest BCUT2D eigenvalue weighted by Gasteiger charge is -2.34. The standard InChI is InChI=1S/C17H8Cl2F6O2/c18-11-5-1-9(2-6-11)13(26)15(16(20,21)22,17(23,24)25)14(27)10-3-7-12(19)8-4-10/h1-8H. The van der Waals surface area contributed by atoms with Gasteiger partial charge in [0.2, 0.25) is 0 Å². The zero-order chi connectivity index (χ0) is 20.6. The minimum Gasteiger partial charge on any atom is -0.292 e. The number of ketones is 2. The zero-order valence-electron chi connectivity index (χ0n) is 13.0. The number of carbonyl (C=O) groups is 2. The molecule has 0 saturated carbocycles. The first-order chi connectivity index (χ1) is 12.3. The number of halogens is 8. The van der Waals surface area contributed by atoms with Crippen molar-refractivity contribution in [3.8, 4) is 0 Å². The molecule has 0 atom stereocenters. The second-order valence-corrected chi connectivity index (χ2v) is 6.29. The van der Waals surface area contributed by atoms with Gasteiger partial charge in [0.05, 0.1) is 0 Å². The van der Waals surface area contributed by atoms with Gasteiger partial charge in [0, 0.05) is 21.2 Å². The molecule has 27 heavy (non-hydrogen) atoms. The molecular weight excluding hydrogens is 421 g/mol. The average Bonchev–Trinajstić information content (AvgIpc) is 2.53. The van der Waals surface area contributed by atoms with Crippen molar-refractivity contribution in [1.82, 2.24) is 0 Å². The van der Waals surface area contributed by atoms with E-state index in [0.717, 1.165) is 24.3 Å². The molecule has 0 aliphatic carbocycles. The Bertz CT molecular complexity index is 781. The average molecular weight is 429 g/mol. The van der Waals surface area contributed by atoms with Gasteiger partial charge >= 0.3 is 12.4 Å². The summed E-state index contributed by atoms with van der Waals surface area (Å²) in [7, 11) is 0. The van der Waals surface area contributed by atoms with Crippen LogP contribution in [-0.4, -0.2) is 23.9 Å². The zero-order valence-corrected chi connectivity index (χ0v) is 14.5. The van der Waals surface area contributed by atoms with Crippen LogP contribution >= 0.6 is 23.2 Å². The number of Topliss-reactive ketones (excluding diaryl/α,β-unsaturated/α-hetero) is 2. The molecular formula is C17H8Cl2F6O2. The van der Waals surface area contributed by atoms with Crippen LogP contribution < -0.4 is 0 Å². The SMILES string of the molecule is O=C(c1ccc(Cl)cc1)C(C(=O)c1ccc(Cl)cc1)(C(F)(F)F)C(F)(F)F. The topological polar surface area (TPSA) is 34.1 Å². The van der Waals surface area contributed by atoms with Crippen LogP contribution in [-0.2, 0) is 0 Å². The molecule has 0 heterocycles. The summed E-state index contributed by atoms with van der Waals surface area (Å²) in [4.78, 5) is 24.8.